The van der Waals surface area contributed by atoms with E-state index >= 15 is 0 Å². The fourth-order valence-electron chi connectivity index (χ4n) is 1.20. The number of pyridine rings is 1. The zero-order chi connectivity index (χ0) is 10.5. The van der Waals surface area contributed by atoms with E-state index in [9.17, 15) is 0 Å². The molecule has 3 nitrogen and oxygen atoms in total. The summed E-state index contributed by atoms with van der Waals surface area (Å²) in [6.07, 6.45) is 3.54. The van der Waals surface area contributed by atoms with Crippen LogP contribution in [0.2, 0.25) is 0 Å². The molecule has 0 N–H and O–H groups in total. The van der Waals surface area contributed by atoms with E-state index in [0.29, 0.717) is 0 Å². The lowest BCUT2D eigenvalue weighted by Gasteiger charge is -2.01. The summed E-state index contributed by atoms with van der Waals surface area (Å²) in [6.45, 7) is 2.08. The van der Waals surface area contributed by atoms with E-state index in [2.05, 4.69) is 21.9 Å². The summed E-state index contributed by atoms with van der Waals surface area (Å²) >= 11 is 1.63. The number of hydrogen-bond donors (Lipinski definition) is 0. The number of thioether (sulfide) groups is 1. The second-order valence-electron chi connectivity index (χ2n) is 2.87. The summed E-state index contributed by atoms with van der Waals surface area (Å²) in [5.41, 5.74) is 1.76. The Labute approximate surface area is 93.0 Å². The largest absolute Gasteiger partial charge is 0.255 e. The molecule has 0 saturated heterocycles. The summed E-state index contributed by atoms with van der Waals surface area (Å²) in [7, 11) is 0. The minimum atomic E-state index is 0.806. The van der Waals surface area contributed by atoms with Gasteiger partial charge in [-0.2, -0.15) is 0 Å². The van der Waals surface area contributed by atoms with Gasteiger partial charge >= 0.3 is 0 Å². The Kier molecular flexibility index (Phi) is 3.29. The fourth-order valence-corrected chi connectivity index (χ4v) is 1.75. The van der Waals surface area contributed by atoms with Gasteiger partial charge in [0, 0.05) is 12.4 Å². The minimum Gasteiger partial charge on any atom is -0.255 e. The van der Waals surface area contributed by atoms with Crippen LogP contribution < -0.4 is 0 Å². The van der Waals surface area contributed by atoms with E-state index in [-0.39, 0.29) is 0 Å². The van der Waals surface area contributed by atoms with Crippen LogP contribution in [0.15, 0.2) is 41.8 Å². The van der Waals surface area contributed by atoms with Crippen molar-refractivity contribution in [3.05, 3.63) is 36.7 Å². The summed E-state index contributed by atoms with van der Waals surface area (Å²) in [5.74, 6) is 0.978. The molecule has 2 aromatic rings. The van der Waals surface area contributed by atoms with Crippen LogP contribution >= 0.6 is 11.8 Å². The first-order chi connectivity index (χ1) is 7.40. The van der Waals surface area contributed by atoms with Gasteiger partial charge in [0.25, 0.3) is 0 Å². The molecule has 0 spiro atoms. The summed E-state index contributed by atoms with van der Waals surface area (Å²) < 4.78 is 0. The van der Waals surface area contributed by atoms with E-state index in [1.165, 1.54) is 0 Å². The molecule has 4 heteroatoms. The summed E-state index contributed by atoms with van der Waals surface area (Å²) in [6, 6.07) is 7.67. The first-order valence-electron chi connectivity index (χ1n) is 4.77. The van der Waals surface area contributed by atoms with Gasteiger partial charge in [-0.05, 0) is 24.0 Å². The van der Waals surface area contributed by atoms with Crippen molar-refractivity contribution in [2.45, 2.75) is 12.1 Å². The average Bonchev–Trinajstić information content (AvgIpc) is 2.31. The Balaban J connectivity index is 2.33. The highest BCUT2D eigenvalue weighted by Gasteiger charge is 2.01. The average molecular weight is 217 g/mol. The number of aromatic nitrogens is 3. The van der Waals surface area contributed by atoms with Gasteiger partial charge < -0.3 is 0 Å². The molecular formula is C11H11N3S. The van der Waals surface area contributed by atoms with Crippen LogP contribution in [0, 0.1) is 0 Å². The van der Waals surface area contributed by atoms with E-state index in [4.69, 9.17) is 0 Å². The minimum absolute atomic E-state index is 0.806. The Morgan fingerprint density at radius 1 is 1.07 bits per heavy atom. The lowest BCUT2D eigenvalue weighted by molar-refractivity contribution is 0.968. The molecule has 0 atom stereocenters. The fraction of sp³-hybridized carbons (Fsp3) is 0.182. The Morgan fingerprint density at radius 2 is 2.00 bits per heavy atom. The molecule has 0 unspecified atom stereocenters. The zero-order valence-corrected chi connectivity index (χ0v) is 9.24. The van der Waals surface area contributed by atoms with Crippen molar-refractivity contribution in [2.24, 2.45) is 0 Å². The smallest absolute Gasteiger partial charge is 0.188 e. The maximum Gasteiger partial charge on any atom is 0.188 e. The third-order valence-electron chi connectivity index (χ3n) is 1.83. The van der Waals surface area contributed by atoms with Gasteiger partial charge in [0.2, 0.25) is 0 Å². The van der Waals surface area contributed by atoms with Crippen molar-refractivity contribution in [1.29, 1.82) is 0 Å². The molecule has 0 amide bonds. The molecule has 0 bridgehead atoms. The highest BCUT2D eigenvalue weighted by Crippen LogP contribution is 2.17. The topological polar surface area (TPSA) is 38.7 Å². The van der Waals surface area contributed by atoms with Crippen LogP contribution in [-0.2, 0) is 0 Å². The molecule has 0 aliphatic heterocycles. The standard InChI is InChI=1S/C11H11N3S/c1-2-15-11-13-8-6-10(14-11)9-5-3-4-7-12-9/h3-8H,2H2,1H3. The van der Waals surface area contributed by atoms with Crippen LogP contribution in [0.5, 0.6) is 0 Å². The van der Waals surface area contributed by atoms with E-state index in [0.717, 1.165) is 22.3 Å². The van der Waals surface area contributed by atoms with Crippen molar-refractivity contribution >= 4 is 11.8 Å². The third-order valence-corrected chi connectivity index (χ3v) is 2.58. The maximum absolute atomic E-state index is 4.42. The lowest BCUT2D eigenvalue weighted by atomic mass is 10.3. The van der Waals surface area contributed by atoms with Crippen molar-refractivity contribution in [1.82, 2.24) is 15.0 Å². The second kappa shape index (κ2) is 4.89. The van der Waals surface area contributed by atoms with Crippen LogP contribution in [0.25, 0.3) is 11.4 Å². The zero-order valence-electron chi connectivity index (χ0n) is 8.42. The Bertz CT molecular complexity index is 431. The third kappa shape index (κ3) is 2.53. The molecule has 0 aliphatic rings. The van der Waals surface area contributed by atoms with Gasteiger partial charge in [0.1, 0.15) is 0 Å². The first-order valence-corrected chi connectivity index (χ1v) is 5.76. The molecule has 0 fully saturated rings. The Morgan fingerprint density at radius 3 is 2.73 bits per heavy atom. The molecule has 15 heavy (non-hydrogen) atoms. The van der Waals surface area contributed by atoms with Crippen LogP contribution in [0.3, 0.4) is 0 Å². The van der Waals surface area contributed by atoms with E-state index < -0.39 is 0 Å². The van der Waals surface area contributed by atoms with Crippen LogP contribution in [-0.4, -0.2) is 20.7 Å². The van der Waals surface area contributed by atoms with Crippen molar-refractivity contribution in [3.8, 4) is 11.4 Å². The Hall–Kier alpha value is -1.42. The second-order valence-corrected chi connectivity index (χ2v) is 4.10. The van der Waals surface area contributed by atoms with Gasteiger partial charge in [-0.25, -0.2) is 9.97 Å². The molecule has 2 rings (SSSR count). The van der Waals surface area contributed by atoms with Gasteiger partial charge in [-0.15, -0.1) is 0 Å². The molecule has 76 valence electrons. The summed E-state index contributed by atoms with van der Waals surface area (Å²) in [5, 5.41) is 0.806. The SMILES string of the molecule is CCSc1nccc(-c2ccccn2)n1. The number of rotatable bonds is 3. The molecule has 2 heterocycles. The molecule has 0 aliphatic carbocycles. The van der Waals surface area contributed by atoms with Gasteiger partial charge in [0.05, 0.1) is 11.4 Å². The van der Waals surface area contributed by atoms with Crippen molar-refractivity contribution < 1.29 is 0 Å². The molecule has 0 radical (unpaired) electrons. The highest BCUT2D eigenvalue weighted by atomic mass is 32.2. The predicted molar refractivity (Wildman–Crippen MR) is 61.7 cm³/mol. The monoisotopic (exact) mass is 217 g/mol. The number of nitrogens with zero attached hydrogens (tertiary/aromatic N) is 3. The van der Waals surface area contributed by atoms with Crippen LogP contribution in [0.4, 0.5) is 0 Å². The lowest BCUT2D eigenvalue weighted by Crippen LogP contribution is -1.91. The quantitative estimate of drug-likeness (QED) is 0.585. The van der Waals surface area contributed by atoms with E-state index in [1.807, 2.05) is 24.3 Å². The van der Waals surface area contributed by atoms with Crippen molar-refractivity contribution in [3.63, 3.8) is 0 Å². The first kappa shape index (κ1) is 10.1. The van der Waals surface area contributed by atoms with Gasteiger partial charge in [-0.3, -0.25) is 4.98 Å². The normalized spacial score (nSPS) is 10.2. The number of hydrogen-bond acceptors (Lipinski definition) is 4. The molecule has 2 aromatic heterocycles. The predicted octanol–water partition coefficient (Wildman–Crippen LogP) is 2.65. The highest BCUT2D eigenvalue weighted by molar-refractivity contribution is 7.99. The summed E-state index contributed by atoms with van der Waals surface area (Å²) in [4.78, 5) is 12.9. The van der Waals surface area contributed by atoms with Crippen LogP contribution in [0.1, 0.15) is 6.92 Å². The van der Waals surface area contributed by atoms with E-state index in [1.54, 1.807) is 24.2 Å². The molecule has 0 saturated carbocycles. The van der Waals surface area contributed by atoms with Gasteiger partial charge in [-0.1, -0.05) is 24.8 Å². The molecule has 0 aromatic carbocycles. The van der Waals surface area contributed by atoms with Crippen molar-refractivity contribution in [2.75, 3.05) is 5.75 Å². The maximum atomic E-state index is 4.42. The molecular weight excluding hydrogens is 206 g/mol. The van der Waals surface area contributed by atoms with Gasteiger partial charge in [0.15, 0.2) is 5.16 Å².